The zero-order valence-electron chi connectivity index (χ0n) is 26.1. The molecule has 0 fully saturated rings. The molecule has 0 saturated carbocycles. The molecule has 0 unspecified atom stereocenters. The van der Waals surface area contributed by atoms with Gasteiger partial charge in [0.05, 0.1) is 0 Å². The second-order valence-corrected chi connectivity index (χ2v) is 12.0. The van der Waals surface area contributed by atoms with Crippen molar-refractivity contribution in [3.63, 3.8) is 0 Å². The van der Waals surface area contributed by atoms with Gasteiger partial charge in [0, 0.05) is 13.0 Å². The Balaban J connectivity index is 2.13. The van der Waals surface area contributed by atoms with Crippen LogP contribution in [0.3, 0.4) is 0 Å². The molecule has 0 aliphatic carbocycles. The molecule has 0 aromatic heterocycles. The molecule has 10 nitrogen and oxygen atoms in total. The fraction of sp³-hybridized carbons (Fsp3) is 0.485. The Morgan fingerprint density at radius 1 is 0.674 bits per heavy atom. The molecule has 3 N–H and O–H groups in total. The Kier molecular flexibility index (Phi) is 14.4. The van der Waals surface area contributed by atoms with Crippen LogP contribution >= 0.6 is 0 Å². The van der Waals surface area contributed by atoms with Crippen molar-refractivity contribution < 1.29 is 28.7 Å². The lowest BCUT2D eigenvalue weighted by Crippen LogP contribution is -2.58. The van der Waals surface area contributed by atoms with E-state index in [2.05, 4.69) is 16.1 Å². The summed E-state index contributed by atoms with van der Waals surface area (Å²) in [5.41, 5.74) is 4.07. The first-order valence-electron chi connectivity index (χ1n) is 14.8. The number of nitrogens with zero attached hydrogens (tertiary/aromatic N) is 1. The van der Waals surface area contributed by atoms with Crippen molar-refractivity contribution in [2.75, 3.05) is 6.54 Å². The van der Waals surface area contributed by atoms with Crippen molar-refractivity contribution in [1.29, 1.82) is 0 Å². The molecule has 0 saturated heterocycles. The number of hydrogen-bond acceptors (Lipinski definition) is 6. The quantitative estimate of drug-likeness (QED) is 0.209. The standard InChI is InChI=1S/C33H46N4O6/c1-22(2)17-27(35-33(42)43-21-26-15-11-8-12-16-26)30(39)34-28(18-23(3)4)31(40)36-37(20-24(5)6)32(41)29(38)19-25-13-9-7-10-14-25/h7-16,22-24,27-28H,17-21H2,1-6H3,(H,34,39)(H,35,42)(H,36,40)/t27-,28-/m0/s1. The SMILES string of the molecule is CC(C)C[C@H](NC(=O)OCc1ccccc1)C(=O)N[C@@H](CC(C)C)C(=O)NN(CC(C)C)C(=O)C(=O)Cc1ccccc1. The molecule has 0 aliphatic heterocycles. The predicted octanol–water partition coefficient (Wildman–Crippen LogP) is 4.19. The highest BCUT2D eigenvalue weighted by molar-refractivity contribution is 6.36. The fourth-order valence-electron chi connectivity index (χ4n) is 4.35. The molecule has 0 heterocycles. The van der Waals surface area contributed by atoms with Crippen LogP contribution in [0.25, 0.3) is 0 Å². The predicted molar refractivity (Wildman–Crippen MR) is 164 cm³/mol. The van der Waals surface area contributed by atoms with E-state index >= 15 is 0 Å². The topological polar surface area (TPSA) is 134 Å². The van der Waals surface area contributed by atoms with Crippen LogP contribution < -0.4 is 16.1 Å². The average molecular weight is 595 g/mol. The summed E-state index contributed by atoms with van der Waals surface area (Å²) < 4.78 is 5.30. The van der Waals surface area contributed by atoms with E-state index in [9.17, 15) is 24.0 Å². The van der Waals surface area contributed by atoms with E-state index < -0.39 is 41.7 Å². The highest BCUT2D eigenvalue weighted by Gasteiger charge is 2.31. The largest absolute Gasteiger partial charge is 0.445 e. The molecular weight excluding hydrogens is 548 g/mol. The van der Waals surface area contributed by atoms with Gasteiger partial charge in [-0.1, -0.05) is 102 Å². The molecule has 234 valence electrons. The van der Waals surface area contributed by atoms with Gasteiger partial charge in [-0.2, -0.15) is 0 Å². The van der Waals surface area contributed by atoms with Gasteiger partial charge in [0.15, 0.2) is 0 Å². The van der Waals surface area contributed by atoms with Crippen LogP contribution in [0.15, 0.2) is 60.7 Å². The number of ether oxygens (including phenoxy) is 1. The molecule has 2 atom stereocenters. The Bertz CT molecular complexity index is 1200. The summed E-state index contributed by atoms with van der Waals surface area (Å²) in [6, 6.07) is 16.1. The number of hydrazine groups is 1. The second kappa shape index (κ2) is 17.7. The second-order valence-electron chi connectivity index (χ2n) is 12.0. The number of hydrogen-bond donors (Lipinski definition) is 3. The number of benzene rings is 2. The van der Waals surface area contributed by atoms with Crippen molar-refractivity contribution in [3.8, 4) is 0 Å². The highest BCUT2D eigenvalue weighted by Crippen LogP contribution is 2.11. The molecule has 2 rings (SSSR count). The van der Waals surface area contributed by atoms with E-state index in [0.29, 0.717) is 12.0 Å². The van der Waals surface area contributed by atoms with E-state index in [-0.39, 0.29) is 43.7 Å². The molecule has 2 aromatic carbocycles. The molecule has 10 heteroatoms. The molecular formula is C33H46N4O6. The van der Waals surface area contributed by atoms with E-state index in [1.165, 1.54) is 0 Å². The highest BCUT2D eigenvalue weighted by atomic mass is 16.5. The van der Waals surface area contributed by atoms with Crippen LogP contribution in [0.2, 0.25) is 0 Å². The number of rotatable bonds is 15. The zero-order valence-corrected chi connectivity index (χ0v) is 26.1. The summed E-state index contributed by atoms with van der Waals surface area (Å²) in [4.78, 5) is 65.4. The van der Waals surface area contributed by atoms with Gasteiger partial charge in [-0.25, -0.2) is 9.80 Å². The Labute approximate surface area is 254 Å². The minimum Gasteiger partial charge on any atom is -0.445 e. The van der Waals surface area contributed by atoms with Gasteiger partial charge in [-0.3, -0.25) is 24.6 Å². The summed E-state index contributed by atoms with van der Waals surface area (Å²) in [5.74, 6) is -2.65. The van der Waals surface area contributed by atoms with Crippen molar-refractivity contribution in [2.24, 2.45) is 17.8 Å². The van der Waals surface area contributed by atoms with Crippen LogP contribution in [0.1, 0.15) is 65.5 Å². The maximum absolute atomic E-state index is 13.5. The molecule has 0 bridgehead atoms. The summed E-state index contributed by atoms with van der Waals surface area (Å²) in [5, 5.41) is 6.41. The Morgan fingerprint density at radius 3 is 1.70 bits per heavy atom. The lowest BCUT2D eigenvalue weighted by Gasteiger charge is -2.29. The van der Waals surface area contributed by atoms with E-state index in [1.807, 2.05) is 77.9 Å². The molecule has 4 amide bonds. The van der Waals surface area contributed by atoms with Crippen LogP contribution in [0, 0.1) is 17.8 Å². The van der Waals surface area contributed by atoms with Crippen LogP contribution in [-0.4, -0.2) is 53.2 Å². The summed E-state index contributed by atoms with van der Waals surface area (Å²) in [6.07, 6.45) is -0.264. The third-order valence-electron chi connectivity index (χ3n) is 6.35. The van der Waals surface area contributed by atoms with Crippen LogP contribution in [-0.2, 0) is 36.9 Å². The number of amides is 4. The van der Waals surface area contributed by atoms with Gasteiger partial charge < -0.3 is 15.4 Å². The number of carbonyl (C=O) groups excluding carboxylic acids is 5. The first kappa shape index (κ1) is 35.0. The van der Waals surface area contributed by atoms with Gasteiger partial charge in [-0.15, -0.1) is 0 Å². The average Bonchev–Trinajstić information content (AvgIpc) is 2.95. The number of ketones is 1. The summed E-state index contributed by atoms with van der Waals surface area (Å²) >= 11 is 0. The lowest BCUT2D eigenvalue weighted by atomic mass is 10.0. The van der Waals surface area contributed by atoms with Crippen LogP contribution in [0.4, 0.5) is 4.79 Å². The molecule has 0 aliphatic rings. The molecule has 0 spiro atoms. The minimum absolute atomic E-state index is 0.0114. The van der Waals surface area contributed by atoms with Crippen molar-refractivity contribution in [2.45, 2.75) is 79.5 Å². The normalized spacial score (nSPS) is 12.4. The molecule has 2 aromatic rings. The van der Waals surface area contributed by atoms with E-state index in [1.54, 1.807) is 24.3 Å². The van der Waals surface area contributed by atoms with Gasteiger partial charge in [0.1, 0.15) is 18.7 Å². The van der Waals surface area contributed by atoms with Gasteiger partial charge in [-0.05, 0) is 41.7 Å². The van der Waals surface area contributed by atoms with Gasteiger partial charge in [0.25, 0.3) is 5.91 Å². The maximum atomic E-state index is 13.5. The third kappa shape index (κ3) is 13.1. The maximum Gasteiger partial charge on any atom is 0.408 e. The fourth-order valence-corrected chi connectivity index (χ4v) is 4.35. The van der Waals surface area contributed by atoms with Gasteiger partial charge in [0.2, 0.25) is 11.7 Å². The smallest absolute Gasteiger partial charge is 0.408 e. The zero-order chi connectivity index (χ0) is 31.9. The summed E-state index contributed by atoms with van der Waals surface area (Å²) in [6.45, 7) is 11.5. The number of alkyl carbamates (subject to hydrolysis) is 1. The first-order chi connectivity index (χ1) is 20.3. The number of nitrogens with one attached hydrogen (secondary N) is 3. The van der Waals surface area contributed by atoms with Crippen LogP contribution in [0.5, 0.6) is 0 Å². The Morgan fingerprint density at radius 2 is 1.19 bits per heavy atom. The monoisotopic (exact) mass is 594 g/mol. The van der Waals surface area contributed by atoms with Crippen molar-refractivity contribution in [3.05, 3.63) is 71.8 Å². The summed E-state index contributed by atoms with van der Waals surface area (Å²) in [7, 11) is 0. The van der Waals surface area contributed by atoms with Crippen molar-refractivity contribution in [1.82, 2.24) is 21.1 Å². The van der Waals surface area contributed by atoms with E-state index in [0.717, 1.165) is 10.6 Å². The first-order valence-corrected chi connectivity index (χ1v) is 14.8. The van der Waals surface area contributed by atoms with Gasteiger partial charge >= 0.3 is 12.0 Å². The number of Topliss-reactive ketones (excluding diaryl/α,β-unsaturated/α-hetero) is 1. The molecule has 43 heavy (non-hydrogen) atoms. The van der Waals surface area contributed by atoms with Crippen molar-refractivity contribution >= 4 is 29.6 Å². The minimum atomic E-state index is -1.02. The van der Waals surface area contributed by atoms with E-state index in [4.69, 9.17) is 4.74 Å². The third-order valence-corrected chi connectivity index (χ3v) is 6.35. The molecule has 0 radical (unpaired) electrons. The Hall–Kier alpha value is -4.21. The lowest BCUT2D eigenvalue weighted by molar-refractivity contribution is -0.150. The number of carbonyl (C=O) groups is 5.